The van der Waals surface area contributed by atoms with Gasteiger partial charge in [0.25, 0.3) is 0 Å². The second-order valence-electron chi connectivity index (χ2n) is 5.92. The van der Waals surface area contributed by atoms with Crippen LogP contribution in [0, 0.1) is 5.82 Å². The predicted molar refractivity (Wildman–Crippen MR) is 98.8 cm³/mol. The Hall–Kier alpha value is -2.05. The van der Waals surface area contributed by atoms with Gasteiger partial charge in [0.05, 0.1) is 18.0 Å². The molecule has 1 amide bonds. The van der Waals surface area contributed by atoms with Crippen LogP contribution in [0.3, 0.4) is 0 Å². The molecule has 0 aliphatic carbocycles. The van der Waals surface area contributed by atoms with Crippen molar-refractivity contribution in [3.05, 3.63) is 53.3 Å². The van der Waals surface area contributed by atoms with Crippen LogP contribution in [0.4, 0.5) is 10.1 Å². The van der Waals surface area contributed by atoms with Gasteiger partial charge < -0.3 is 15.4 Å². The Labute approximate surface area is 151 Å². The average molecular weight is 360 g/mol. The van der Waals surface area contributed by atoms with Crippen LogP contribution in [0.5, 0.6) is 5.75 Å². The molecule has 2 N–H and O–H groups in total. The van der Waals surface area contributed by atoms with Gasteiger partial charge in [-0.3, -0.25) is 4.79 Å². The Balaban J connectivity index is 1.66. The maximum atomic E-state index is 14.6. The number of carbonyl (C=O) groups is 1. The smallest absolute Gasteiger partial charge is 0.237 e. The van der Waals surface area contributed by atoms with E-state index in [1.54, 1.807) is 13.2 Å². The molecule has 2 aromatic rings. The first-order valence-corrected chi connectivity index (χ1v) is 9.09. The normalized spacial score (nSPS) is 14.5. The number of rotatable bonds is 5. The molecular formula is C19H21FN2O2S. The van der Waals surface area contributed by atoms with Crippen molar-refractivity contribution in [3.63, 3.8) is 0 Å². The quantitative estimate of drug-likeness (QED) is 0.800. The van der Waals surface area contributed by atoms with E-state index in [4.69, 9.17) is 4.74 Å². The van der Waals surface area contributed by atoms with Gasteiger partial charge in [0.1, 0.15) is 11.6 Å². The van der Waals surface area contributed by atoms with Crippen LogP contribution in [-0.4, -0.2) is 24.8 Å². The highest BCUT2D eigenvalue weighted by atomic mass is 32.2. The van der Waals surface area contributed by atoms with E-state index < -0.39 is 0 Å². The van der Waals surface area contributed by atoms with Crippen molar-refractivity contribution in [1.29, 1.82) is 0 Å². The minimum absolute atomic E-state index is 0.214. The predicted octanol–water partition coefficient (Wildman–Crippen LogP) is 3.60. The van der Waals surface area contributed by atoms with Crippen molar-refractivity contribution in [2.45, 2.75) is 30.0 Å². The van der Waals surface area contributed by atoms with E-state index in [0.29, 0.717) is 18.5 Å². The van der Waals surface area contributed by atoms with Gasteiger partial charge in [-0.1, -0.05) is 6.07 Å². The van der Waals surface area contributed by atoms with E-state index >= 15 is 0 Å². The third-order valence-electron chi connectivity index (χ3n) is 4.21. The molecule has 0 aromatic heterocycles. The summed E-state index contributed by atoms with van der Waals surface area (Å²) in [6.07, 6.45) is 0.640. The number of halogens is 1. The molecule has 25 heavy (non-hydrogen) atoms. The van der Waals surface area contributed by atoms with Crippen LogP contribution in [-0.2, 0) is 17.8 Å². The van der Waals surface area contributed by atoms with E-state index in [2.05, 4.69) is 10.6 Å². The molecular weight excluding hydrogens is 339 g/mol. The summed E-state index contributed by atoms with van der Waals surface area (Å²) in [5, 5.41) is 5.60. The van der Waals surface area contributed by atoms with Gasteiger partial charge >= 0.3 is 0 Å². The van der Waals surface area contributed by atoms with E-state index in [1.165, 1.54) is 11.8 Å². The number of amides is 1. The van der Waals surface area contributed by atoms with E-state index in [-0.39, 0.29) is 22.7 Å². The maximum Gasteiger partial charge on any atom is 0.237 e. The monoisotopic (exact) mass is 360 g/mol. The molecule has 1 heterocycles. The van der Waals surface area contributed by atoms with Crippen molar-refractivity contribution in [1.82, 2.24) is 5.32 Å². The Bertz CT molecular complexity index is 765. The molecule has 3 rings (SSSR count). The van der Waals surface area contributed by atoms with Gasteiger partial charge in [-0.05, 0) is 61.3 Å². The molecule has 0 saturated heterocycles. The van der Waals surface area contributed by atoms with E-state index in [9.17, 15) is 9.18 Å². The minimum Gasteiger partial charge on any atom is -0.497 e. The van der Waals surface area contributed by atoms with Crippen molar-refractivity contribution in [2.75, 3.05) is 19.0 Å². The van der Waals surface area contributed by atoms with Gasteiger partial charge in [-0.2, -0.15) is 0 Å². The number of anilines is 1. The van der Waals surface area contributed by atoms with Crippen LogP contribution in [0.15, 0.2) is 41.3 Å². The summed E-state index contributed by atoms with van der Waals surface area (Å²) in [4.78, 5) is 13.4. The summed E-state index contributed by atoms with van der Waals surface area (Å²) >= 11 is 1.42. The molecule has 0 spiro atoms. The molecule has 1 aliphatic heterocycles. The van der Waals surface area contributed by atoms with Crippen molar-refractivity contribution in [2.24, 2.45) is 0 Å². The molecule has 2 aromatic carbocycles. The summed E-state index contributed by atoms with van der Waals surface area (Å²) in [5.74, 6) is 0.245. The number of hydrogen-bond donors (Lipinski definition) is 2. The van der Waals surface area contributed by atoms with Gasteiger partial charge in [-0.25, -0.2) is 4.39 Å². The Morgan fingerprint density at radius 3 is 2.76 bits per heavy atom. The molecule has 0 bridgehead atoms. The molecule has 0 fully saturated rings. The lowest BCUT2D eigenvalue weighted by Crippen LogP contribution is -2.26. The number of hydrogen-bond acceptors (Lipinski definition) is 4. The Kier molecular flexibility index (Phi) is 5.60. The second kappa shape index (κ2) is 7.89. The molecule has 1 aliphatic rings. The Morgan fingerprint density at radius 1 is 1.28 bits per heavy atom. The molecule has 0 radical (unpaired) electrons. The number of ether oxygens (including phenoxy) is 1. The minimum atomic E-state index is -0.342. The fourth-order valence-corrected chi connectivity index (χ4v) is 3.64. The zero-order valence-electron chi connectivity index (χ0n) is 14.3. The first-order chi connectivity index (χ1) is 12.1. The number of nitrogens with one attached hydrogen (secondary N) is 2. The highest BCUT2D eigenvalue weighted by molar-refractivity contribution is 8.00. The van der Waals surface area contributed by atoms with Gasteiger partial charge in [-0.15, -0.1) is 11.8 Å². The topological polar surface area (TPSA) is 50.4 Å². The van der Waals surface area contributed by atoms with Crippen molar-refractivity contribution < 1.29 is 13.9 Å². The average Bonchev–Trinajstić information content (AvgIpc) is 2.64. The zero-order valence-corrected chi connectivity index (χ0v) is 15.1. The Morgan fingerprint density at radius 2 is 2.04 bits per heavy atom. The second-order valence-corrected chi connectivity index (χ2v) is 7.33. The van der Waals surface area contributed by atoms with Crippen LogP contribution >= 0.6 is 11.8 Å². The fraction of sp³-hybridized carbons (Fsp3) is 0.316. The third kappa shape index (κ3) is 4.14. The number of methoxy groups -OCH3 is 1. The highest BCUT2D eigenvalue weighted by Crippen LogP contribution is 2.28. The SMILES string of the molecule is COc1ccc(SC(C)C(=O)Nc2ccc3c(c2F)CCNC3)cc1. The van der Waals surface area contributed by atoms with Crippen molar-refractivity contribution >= 4 is 23.4 Å². The fourth-order valence-electron chi connectivity index (χ4n) is 2.78. The van der Waals surface area contributed by atoms with Gasteiger partial charge in [0, 0.05) is 11.4 Å². The third-order valence-corrected chi connectivity index (χ3v) is 5.32. The van der Waals surface area contributed by atoms with Crippen LogP contribution in [0.25, 0.3) is 0 Å². The first-order valence-electron chi connectivity index (χ1n) is 8.21. The summed E-state index contributed by atoms with van der Waals surface area (Å²) in [5.41, 5.74) is 1.92. The van der Waals surface area contributed by atoms with E-state index in [0.717, 1.165) is 22.8 Å². The van der Waals surface area contributed by atoms with Gasteiger partial charge in [0.15, 0.2) is 0 Å². The molecule has 1 unspecified atom stereocenters. The maximum absolute atomic E-state index is 14.6. The standard InChI is InChI=1S/C19H21FN2O2S/c1-12(25-15-6-4-14(24-2)5-7-15)19(23)22-17-8-3-13-11-21-10-9-16(13)18(17)20/h3-8,12,21H,9-11H2,1-2H3,(H,22,23). The van der Waals surface area contributed by atoms with Gasteiger partial charge in [0.2, 0.25) is 5.91 Å². The first kappa shape index (κ1) is 17.8. The van der Waals surface area contributed by atoms with Crippen LogP contribution < -0.4 is 15.4 Å². The number of thioether (sulfide) groups is 1. The number of fused-ring (bicyclic) bond motifs is 1. The number of carbonyl (C=O) groups excluding carboxylic acids is 1. The summed E-state index contributed by atoms with van der Waals surface area (Å²) < 4.78 is 19.7. The lowest BCUT2D eigenvalue weighted by atomic mass is 9.99. The van der Waals surface area contributed by atoms with Crippen LogP contribution in [0.1, 0.15) is 18.1 Å². The van der Waals surface area contributed by atoms with Crippen molar-refractivity contribution in [3.8, 4) is 5.75 Å². The molecule has 132 valence electrons. The largest absolute Gasteiger partial charge is 0.497 e. The highest BCUT2D eigenvalue weighted by Gasteiger charge is 2.20. The molecule has 0 saturated carbocycles. The lowest BCUT2D eigenvalue weighted by molar-refractivity contribution is -0.115. The number of benzene rings is 2. The van der Waals surface area contributed by atoms with E-state index in [1.807, 2.05) is 37.3 Å². The molecule has 4 nitrogen and oxygen atoms in total. The molecule has 6 heteroatoms. The zero-order chi connectivity index (χ0) is 17.8. The summed E-state index contributed by atoms with van der Waals surface area (Å²) in [7, 11) is 1.61. The van der Waals surface area contributed by atoms with Crippen LogP contribution in [0.2, 0.25) is 0 Å². The lowest BCUT2D eigenvalue weighted by Gasteiger charge is -2.20. The molecule has 1 atom stereocenters. The summed E-state index contributed by atoms with van der Waals surface area (Å²) in [6, 6.07) is 11.0. The summed E-state index contributed by atoms with van der Waals surface area (Å²) in [6.45, 7) is 3.24.